The van der Waals surface area contributed by atoms with E-state index in [9.17, 15) is 14.7 Å². The van der Waals surface area contributed by atoms with E-state index in [0.29, 0.717) is 11.3 Å². The van der Waals surface area contributed by atoms with Gasteiger partial charge in [-0.25, -0.2) is 0 Å². The Morgan fingerprint density at radius 3 is 2.34 bits per heavy atom. The Morgan fingerprint density at radius 2 is 1.62 bits per heavy atom. The van der Waals surface area contributed by atoms with Crippen LogP contribution in [0.2, 0.25) is 0 Å². The van der Waals surface area contributed by atoms with E-state index < -0.39 is 18.0 Å². The van der Waals surface area contributed by atoms with Crippen molar-refractivity contribution < 1.29 is 19.4 Å². The molecular weight excluding hydrogens is 386 g/mol. The van der Waals surface area contributed by atoms with Crippen molar-refractivity contribution in [2.24, 2.45) is 0 Å². The maximum absolute atomic E-state index is 12.5. The normalized spacial score (nSPS) is 11.5. The zero-order chi connectivity index (χ0) is 20.6. The molecule has 0 fully saturated rings. The first-order valence-electron chi connectivity index (χ1n) is 9.11. The van der Waals surface area contributed by atoms with Gasteiger partial charge in [0.15, 0.2) is 6.10 Å². The van der Waals surface area contributed by atoms with Gasteiger partial charge in [0.05, 0.1) is 12.1 Å². The number of ether oxygens (including phenoxy) is 1. The number of amides is 1. The minimum Gasteiger partial charge on any atom is -0.508 e. The third-order valence-corrected chi connectivity index (χ3v) is 5.16. The molecule has 1 amide bonds. The molecule has 3 aromatic carbocycles. The minimum absolute atomic E-state index is 0.0261. The monoisotopic (exact) mass is 407 g/mol. The van der Waals surface area contributed by atoms with E-state index in [1.165, 1.54) is 19.1 Å². The van der Waals surface area contributed by atoms with Gasteiger partial charge in [0.25, 0.3) is 5.91 Å². The van der Waals surface area contributed by atoms with Crippen LogP contribution in [0.5, 0.6) is 5.75 Å². The fourth-order valence-corrected chi connectivity index (χ4v) is 3.50. The van der Waals surface area contributed by atoms with Crippen LogP contribution in [0.3, 0.4) is 0 Å². The highest BCUT2D eigenvalue weighted by molar-refractivity contribution is 7.99. The van der Waals surface area contributed by atoms with Gasteiger partial charge in [-0.05, 0) is 48.9 Å². The van der Waals surface area contributed by atoms with Gasteiger partial charge in [-0.3, -0.25) is 9.59 Å². The summed E-state index contributed by atoms with van der Waals surface area (Å²) in [4.78, 5) is 26.6. The average Bonchev–Trinajstić information content (AvgIpc) is 2.72. The van der Waals surface area contributed by atoms with Crippen LogP contribution in [0, 0.1) is 0 Å². The van der Waals surface area contributed by atoms with Crippen molar-refractivity contribution in [2.45, 2.75) is 29.2 Å². The molecule has 148 valence electrons. The Kier molecular flexibility index (Phi) is 6.92. The third kappa shape index (κ3) is 6.12. The van der Waals surface area contributed by atoms with E-state index in [4.69, 9.17) is 4.74 Å². The molecule has 5 nitrogen and oxygen atoms in total. The highest BCUT2D eigenvalue weighted by Crippen LogP contribution is 2.33. The van der Waals surface area contributed by atoms with E-state index in [1.54, 1.807) is 23.9 Å². The quantitative estimate of drug-likeness (QED) is 0.557. The van der Waals surface area contributed by atoms with Gasteiger partial charge in [0.2, 0.25) is 0 Å². The summed E-state index contributed by atoms with van der Waals surface area (Å²) in [6.45, 7) is 1.54. The minimum atomic E-state index is -0.936. The van der Waals surface area contributed by atoms with Crippen LogP contribution in [0.25, 0.3) is 0 Å². The Bertz CT molecular complexity index is 974. The van der Waals surface area contributed by atoms with E-state index >= 15 is 0 Å². The lowest BCUT2D eigenvalue weighted by atomic mass is 10.1. The summed E-state index contributed by atoms with van der Waals surface area (Å²) in [6, 6.07) is 23.6. The summed E-state index contributed by atoms with van der Waals surface area (Å²) in [5, 5.41) is 12.1. The number of hydrogen-bond donors (Lipinski definition) is 2. The summed E-state index contributed by atoms with van der Waals surface area (Å²) in [7, 11) is 0. The van der Waals surface area contributed by atoms with Crippen LogP contribution in [0.15, 0.2) is 88.7 Å². The number of phenolic OH excluding ortho intramolecular Hbond substituents is 1. The molecule has 0 bridgehead atoms. The van der Waals surface area contributed by atoms with Crippen molar-refractivity contribution >= 4 is 29.3 Å². The topological polar surface area (TPSA) is 75.6 Å². The van der Waals surface area contributed by atoms with E-state index in [2.05, 4.69) is 5.32 Å². The van der Waals surface area contributed by atoms with Crippen LogP contribution < -0.4 is 5.32 Å². The lowest BCUT2D eigenvalue weighted by Crippen LogP contribution is -2.30. The molecule has 0 spiro atoms. The third-order valence-electron chi connectivity index (χ3n) is 4.08. The Hall–Kier alpha value is -3.25. The number of esters is 1. The lowest BCUT2D eigenvalue weighted by Gasteiger charge is -2.15. The highest BCUT2D eigenvalue weighted by Gasteiger charge is 2.19. The first-order chi connectivity index (χ1) is 14.0. The second-order valence-corrected chi connectivity index (χ2v) is 7.49. The molecule has 6 heteroatoms. The predicted molar refractivity (Wildman–Crippen MR) is 113 cm³/mol. The molecule has 0 saturated heterocycles. The predicted octanol–water partition coefficient (Wildman–Crippen LogP) is 4.66. The van der Waals surface area contributed by atoms with Crippen LogP contribution in [0.1, 0.15) is 12.5 Å². The van der Waals surface area contributed by atoms with Crippen LogP contribution in [0.4, 0.5) is 5.69 Å². The number of phenols is 1. The standard InChI is InChI=1S/C23H21NO4S/c1-16(28-22(26)15-17-11-13-18(25)14-12-17)23(27)24-20-9-5-6-10-21(20)29-19-7-3-2-4-8-19/h2-14,16,25H,15H2,1H3,(H,24,27)/t16-/m1/s1. The highest BCUT2D eigenvalue weighted by atomic mass is 32.2. The lowest BCUT2D eigenvalue weighted by molar-refractivity contribution is -0.152. The molecule has 0 heterocycles. The molecule has 0 aliphatic heterocycles. The van der Waals surface area contributed by atoms with Crippen molar-refractivity contribution in [3.8, 4) is 5.75 Å². The van der Waals surface area contributed by atoms with Crippen molar-refractivity contribution in [3.63, 3.8) is 0 Å². The Labute approximate surface area is 173 Å². The first-order valence-corrected chi connectivity index (χ1v) is 9.93. The van der Waals surface area contributed by atoms with Crippen LogP contribution in [-0.4, -0.2) is 23.1 Å². The van der Waals surface area contributed by atoms with E-state index in [0.717, 1.165) is 9.79 Å². The van der Waals surface area contributed by atoms with Crippen LogP contribution >= 0.6 is 11.8 Å². The zero-order valence-electron chi connectivity index (χ0n) is 15.9. The number of nitrogens with one attached hydrogen (secondary N) is 1. The number of carbonyl (C=O) groups is 2. The Morgan fingerprint density at radius 1 is 0.966 bits per heavy atom. The number of hydrogen-bond acceptors (Lipinski definition) is 5. The van der Waals surface area contributed by atoms with E-state index in [1.807, 2.05) is 54.6 Å². The summed E-state index contributed by atoms with van der Waals surface area (Å²) in [5.41, 5.74) is 1.36. The molecule has 2 N–H and O–H groups in total. The van der Waals surface area contributed by atoms with Crippen molar-refractivity contribution in [3.05, 3.63) is 84.4 Å². The smallest absolute Gasteiger partial charge is 0.311 e. The fraction of sp³-hybridized carbons (Fsp3) is 0.130. The molecule has 0 aromatic heterocycles. The molecule has 1 atom stereocenters. The second kappa shape index (κ2) is 9.80. The number of para-hydroxylation sites is 1. The van der Waals surface area contributed by atoms with Gasteiger partial charge in [-0.1, -0.05) is 54.2 Å². The zero-order valence-corrected chi connectivity index (χ0v) is 16.7. The molecule has 0 aliphatic rings. The number of carbonyl (C=O) groups excluding carboxylic acids is 2. The summed E-state index contributed by atoms with van der Waals surface area (Å²) < 4.78 is 5.26. The van der Waals surface area contributed by atoms with Gasteiger partial charge in [-0.15, -0.1) is 0 Å². The van der Waals surface area contributed by atoms with Gasteiger partial charge in [-0.2, -0.15) is 0 Å². The molecular formula is C23H21NO4S. The SMILES string of the molecule is C[C@@H](OC(=O)Cc1ccc(O)cc1)C(=O)Nc1ccccc1Sc1ccccc1. The van der Waals surface area contributed by atoms with Crippen LogP contribution in [-0.2, 0) is 20.7 Å². The maximum Gasteiger partial charge on any atom is 0.311 e. The van der Waals surface area contributed by atoms with Crippen molar-refractivity contribution in [2.75, 3.05) is 5.32 Å². The molecule has 29 heavy (non-hydrogen) atoms. The van der Waals surface area contributed by atoms with Gasteiger partial charge in [0.1, 0.15) is 5.75 Å². The van der Waals surface area contributed by atoms with Gasteiger partial charge in [0, 0.05) is 9.79 Å². The van der Waals surface area contributed by atoms with Gasteiger partial charge >= 0.3 is 5.97 Å². The van der Waals surface area contributed by atoms with E-state index in [-0.39, 0.29) is 12.2 Å². The number of anilines is 1. The molecule has 0 saturated carbocycles. The molecule has 0 aliphatic carbocycles. The summed E-state index contributed by atoms with van der Waals surface area (Å²) in [6.07, 6.45) is -0.910. The largest absolute Gasteiger partial charge is 0.508 e. The molecule has 3 aromatic rings. The Balaban J connectivity index is 1.59. The summed E-state index contributed by atoms with van der Waals surface area (Å²) in [5.74, 6) is -0.780. The number of benzene rings is 3. The average molecular weight is 407 g/mol. The number of aromatic hydroxyl groups is 1. The molecule has 0 radical (unpaired) electrons. The fourth-order valence-electron chi connectivity index (χ4n) is 2.58. The molecule has 0 unspecified atom stereocenters. The second-order valence-electron chi connectivity index (χ2n) is 6.38. The summed E-state index contributed by atoms with van der Waals surface area (Å²) >= 11 is 1.54. The number of rotatable bonds is 7. The van der Waals surface area contributed by atoms with Gasteiger partial charge < -0.3 is 15.2 Å². The maximum atomic E-state index is 12.5. The van der Waals surface area contributed by atoms with Crippen molar-refractivity contribution in [1.29, 1.82) is 0 Å². The first kappa shape index (κ1) is 20.5. The molecule has 3 rings (SSSR count). The van der Waals surface area contributed by atoms with Crippen molar-refractivity contribution in [1.82, 2.24) is 0 Å².